The molecular formula is C12H16N4O2S. The Bertz CT molecular complexity index is 664. The fourth-order valence-electron chi connectivity index (χ4n) is 1.71. The molecule has 0 fully saturated rings. The molecule has 2 aromatic rings. The molecule has 2 N–H and O–H groups in total. The lowest BCUT2D eigenvalue weighted by Gasteiger charge is -2.10. The fourth-order valence-corrected chi connectivity index (χ4v) is 2.92. The molecule has 19 heavy (non-hydrogen) atoms. The van der Waals surface area contributed by atoms with Gasteiger partial charge >= 0.3 is 0 Å². The van der Waals surface area contributed by atoms with E-state index < -0.39 is 10.0 Å². The average Bonchev–Trinajstić information content (AvgIpc) is 2.82. The standard InChI is InChI=1S/C12H16N4O2S/c1-13-11-5-3-4-6-12(11)19(17,18)14-9-10-7-8-16(2)15-10/h3-8,13-14H,9H2,1-2H3. The van der Waals surface area contributed by atoms with Crippen molar-refractivity contribution in [1.82, 2.24) is 14.5 Å². The molecular weight excluding hydrogens is 264 g/mol. The molecule has 0 aliphatic rings. The van der Waals surface area contributed by atoms with Crippen molar-refractivity contribution in [2.24, 2.45) is 7.05 Å². The van der Waals surface area contributed by atoms with Crippen molar-refractivity contribution in [2.75, 3.05) is 12.4 Å². The van der Waals surface area contributed by atoms with Crippen LogP contribution in [0.1, 0.15) is 5.69 Å². The highest BCUT2D eigenvalue weighted by Gasteiger charge is 2.17. The molecule has 0 aliphatic heterocycles. The highest BCUT2D eigenvalue weighted by atomic mass is 32.2. The van der Waals surface area contributed by atoms with E-state index in [1.165, 1.54) is 0 Å². The Labute approximate surface area is 112 Å². The zero-order valence-corrected chi connectivity index (χ0v) is 11.6. The molecule has 0 saturated heterocycles. The van der Waals surface area contributed by atoms with Gasteiger partial charge in [0.25, 0.3) is 0 Å². The first kappa shape index (κ1) is 13.6. The summed E-state index contributed by atoms with van der Waals surface area (Å²) in [7, 11) is -0.0801. The molecule has 102 valence electrons. The summed E-state index contributed by atoms with van der Waals surface area (Å²) >= 11 is 0. The van der Waals surface area contributed by atoms with E-state index in [9.17, 15) is 8.42 Å². The van der Waals surface area contributed by atoms with Crippen LogP contribution in [0.5, 0.6) is 0 Å². The Kier molecular flexibility index (Phi) is 3.87. The number of nitrogens with one attached hydrogen (secondary N) is 2. The highest BCUT2D eigenvalue weighted by Crippen LogP contribution is 2.19. The Morgan fingerprint density at radius 1 is 1.26 bits per heavy atom. The molecule has 0 bridgehead atoms. The van der Waals surface area contributed by atoms with E-state index in [-0.39, 0.29) is 11.4 Å². The van der Waals surface area contributed by atoms with Crippen LogP contribution in [0.25, 0.3) is 0 Å². The van der Waals surface area contributed by atoms with Gasteiger partial charge in [0.05, 0.1) is 17.9 Å². The smallest absolute Gasteiger partial charge is 0.242 e. The van der Waals surface area contributed by atoms with E-state index >= 15 is 0 Å². The number of benzene rings is 1. The van der Waals surface area contributed by atoms with E-state index in [0.717, 1.165) is 0 Å². The third-order valence-corrected chi connectivity index (χ3v) is 4.12. The minimum atomic E-state index is -3.55. The van der Waals surface area contributed by atoms with Crippen molar-refractivity contribution in [3.05, 3.63) is 42.2 Å². The molecule has 1 heterocycles. The third kappa shape index (κ3) is 3.12. The van der Waals surface area contributed by atoms with Crippen LogP contribution in [0.3, 0.4) is 0 Å². The lowest BCUT2D eigenvalue weighted by molar-refractivity contribution is 0.580. The van der Waals surface area contributed by atoms with E-state index in [1.807, 2.05) is 0 Å². The van der Waals surface area contributed by atoms with Gasteiger partial charge in [0.15, 0.2) is 0 Å². The lowest BCUT2D eigenvalue weighted by Crippen LogP contribution is -2.24. The van der Waals surface area contributed by atoms with Crippen molar-refractivity contribution in [3.63, 3.8) is 0 Å². The third-order valence-electron chi connectivity index (χ3n) is 2.66. The summed E-state index contributed by atoms with van der Waals surface area (Å²) in [5.74, 6) is 0. The van der Waals surface area contributed by atoms with Crippen LogP contribution in [-0.4, -0.2) is 25.2 Å². The minimum Gasteiger partial charge on any atom is -0.387 e. The maximum Gasteiger partial charge on any atom is 0.242 e. The predicted molar refractivity (Wildman–Crippen MR) is 73.2 cm³/mol. The van der Waals surface area contributed by atoms with Crippen molar-refractivity contribution in [2.45, 2.75) is 11.4 Å². The van der Waals surface area contributed by atoms with Crippen LogP contribution in [-0.2, 0) is 23.6 Å². The second-order valence-corrected chi connectivity index (χ2v) is 5.79. The number of anilines is 1. The summed E-state index contributed by atoms with van der Waals surface area (Å²) in [6.07, 6.45) is 1.77. The molecule has 1 aromatic heterocycles. The molecule has 7 heteroatoms. The normalized spacial score (nSPS) is 11.5. The van der Waals surface area contributed by atoms with Gasteiger partial charge in [0.2, 0.25) is 10.0 Å². The minimum absolute atomic E-state index is 0.168. The van der Waals surface area contributed by atoms with Crippen LogP contribution < -0.4 is 10.0 Å². The largest absolute Gasteiger partial charge is 0.387 e. The predicted octanol–water partition coefficient (Wildman–Crippen LogP) is 0.940. The Morgan fingerprint density at radius 3 is 2.63 bits per heavy atom. The summed E-state index contributed by atoms with van der Waals surface area (Å²) in [5.41, 5.74) is 1.24. The molecule has 0 unspecified atom stereocenters. The lowest BCUT2D eigenvalue weighted by atomic mass is 10.3. The zero-order chi connectivity index (χ0) is 13.9. The van der Waals surface area contributed by atoms with Crippen LogP contribution in [0.4, 0.5) is 5.69 Å². The van der Waals surface area contributed by atoms with Gasteiger partial charge in [-0.3, -0.25) is 4.68 Å². The summed E-state index contributed by atoms with van der Waals surface area (Å²) in [5, 5.41) is 6.99. The number of sulfonamides is 1. The molecule has 6 nitrogen and oxygen atoms in total. The molecule has 1 aromatic carbocycles. The maximum atomic E-state index is 12.2. The monoisotopic (exact) mass is 280 g/mol. The molecule has 0 atom stereocenters. The van der Waals surface area contributed by atoms with Crippen LogP contribution in [0, 0.1) is 0 Å². The fraction of sp³-hybridized carbons (Fsp3) is 0.250. The van der Waals surface area contributed by atoms with Crippen molar-refractivity contribution < 1.29 is 8.42 Å². The van der Waals surface area contributed by atoms with E-state index in [4.69, 9.17) is 0 Å². The van der Waals surface area contributed by atoms with Crippen LogP contribution >= 0.6 is 0 Å². The van der Waals surface area contributed by atoms with E-state index in [2.05, 4.69) is 15.1 Å². The van der Waals surface area contributed by atoms with Gasteiger partial charge in [0.1, 0.15) is 4.90 Å². The van der Waals surface area contributed by atoms with Gasteiger partial charge in [-0.05, 0) is 18.2 Å². The Hall–Kier alpha value is -1.86. The molecule has 0 saturated carbocycles. The van der Waals surface area contributed by atoms with Crippen molar-refractivity contribution >= 4 is 15.7 Å². The first-order valence-electron chi connectivity index (χ1n) is 5.78. The van der Waals surface area contributed by atoms with Gasteiger partial charge in [-0.1, -0.05) is 12.1 Å². The van der Waals surface area contributed by atoms with Crippen molar-refractivity contribution in [1.29, 1.82) is 0 Å². The SMILES string of the molecule is CNc1ccccc1S(=O)(=O)NCc1ccn(C)n1. The van der Waals surface area contributed by atoms with Crippen LogP contribution in [0.15, 0.2) is 41.4 Å². The summed E-state index contributed by atoms with van der Waals surface area (Å²) < 4.78 is 28.6. The summed E-state index contributed by atoms with van der Waals surface area (Å²) in [6.45, 7) is 0.168. The number of aromatic nitrogens is 2. The van der Waals surface area contributed by atoms with Gasteiger partial charge < -0.3 is 5.32 Å². The highest BCUT2D eigenvalue weighted by molar-refractivity contribution is 7.89. The Balaban J connectivity index is 2.18. The van der Waals surface area contributed by atoms with Gasteiger partial charge in [0, 0.05) is 20.3 Å². The number of para-hydroxylation sites is 1. The molecule has 0 amide bonds. The molecule has 0 aliphatic carbocycles. The molecule has 0 spiro atoms. The first-order valence-corrected chi connectivity index (χ1v) is 7.26. The summed E-state index contributed by atoms with van der Waals surface area (Å²) in [6, 6.07) is 8.52. The quantitative estimate of drug-likeness (QED) is 0.854. The van der Waals surface area contributed by atoms with E-state index in [0.29, 0.717) is 11.4 Å². The average molecular weight is 280 g/mol. The number of nitrogens with zero attached hydrogens (tertiary/aromatic N) is 2. The Morgan fingerprint density at radius 2 is 2.00 bits per heavy atom. The number of rotatable bonds is 5. The van der Waals surface area contributed by atoms with Gasteiger partial charge in [-0.25, -0.2) is 13.1 Å². The number of hydrogen-bond acceptors (Lipinski definition) is 4. The van der Waals surface area contributed by atoms with Crippen molar-refractivity contribution in [3.8, 4) is 0 Å². The second-order valence-electron chi connectivity index (χ2n) is 4.05. The summed E-state index contributed by atoms with van der Waals surface area (Å²) in [4.78, 5) is 0.230. The molecule has 0 radical (unpaired) electrons. The first-order chi connectivity index (χ1) is 9.03. The van der Waals surface area contributed by atoms with E-state index in [1.54, 1.807) is 55.3 Å². The van der Waals surface area contributed by atoms with Crippen LogP contribution in [0.2, 0.25) is 0 Å². The van der Waals surface area contributed by atoms with Gasteiger partial charge in [-0.2, -0.15) is 5.10 Å². The zero-order valence-electron chi connectivity index (χ0n) is 10.8. The second kappa shape index (κ2) is 5.41. The maximum absolute atomic E-state index is 12.2. The topological polar surface area (TPSA) is 76.0 Å². The van der Waals surface area contributed by atoms with Gasteiger partial charge in [-0.15, -0.1) is 0 Å². The molecule has 2 rings (SSSR count). The number of aryl methyl sites for hydroxylation is 1. The number of hydrogen-bond donors (Lipinski definition) is 2.